The minimum absolute atomic E-state index is 0.00785. The van der Waals surface area contributed by atoms with Gasteiger partial charge in [0, 0.05) is 12.8 Å². The first-order chi connectivity index (χ1) is 25.7. The predicted octanol–water partition coefficient (Wildman–Crippen LogP) is 11.8. The van der Waals surface area contributed by atoms with Crippen LogP contribution in [-0.2, 0) is 32.7 Å². The van der Waals surface area contributed by atoms with E-state index in [9.17, 15) is 19.0 Å². The van der Waals surface area contributed by atoms with Crippen molar-refractivity contribution >= 4 is 19.8 Å². The lowest BCUT2D eigenvalue weighted by Crippen LogP contribution is -2.49. The van der Waals surface area contributed by atoms with Gasteiger partial charge in [-0.1, -0.05) is 168 Å². The molecule has 0 amide bonds. The van der Waals surface area contributed by atoms with Gasteiger partial charge < -0.3 is 27.9 Å². The number of quaternary nitrogens is 1. The molecule has 316 valence electrons. The maximum absolute atomic E-state index is 12.7. The lowest BCUT2D eigenvalue weighted by Gasteiger charge is -2.36. The molecule has 0 fully saturated rings. The van der Waals surface area contributed by atoms with E-state index in [0.29, 0.717) is 13.0 Å². The first kappa shape index (κ1) is 52.0. The van der Waals surface area contributed by atoms with Crippen LogP contribution in [0.2, 0.25) is 0 Å². The summed E-state index contributed by atoms with van der Waals surface area (Å²) in [5.74, 6) is -0.813. The Morgan fingerprint density at radius 2 is 0.868 bits per heavy atom. The van der Waals surface area contributed by atoms with Gasteiger partial charge in [0.1, 0.15) is 19.8 Å². The van der Waals surface area contributed by atoms with Gasteiger partial charge in [-0.3, -0.25) is 14.2 Å². The minimum atomic E-state index is -4.64. The molecule has 0 saturated heterocycles. The number of unbranched alkanes of at least 4 members (excludes halogenated alkanes) is 24. The molecule has 0 aromatic rings. The second-order valence-corrected chi connectivity index (χ2v) is 16.8. The summed E-state index contributed by atoms with van der Waals surface area (Å²) in [5.41, 5.74) is 0. The quantitative estimate of drug-likeness (QED) is 0.0261. The van der Waals surface area contributed by atoms with Gasteiger partial charge in [0.15, 0.2) is 6.10 Å². The van der Waals surface area contributed by atoms with Gasteiger partial charge in [-0.2, -0.15) is 0 Å². The topological polar surface area (TPSA) is 111 Å². The van der Waals surface area contributed by atoms with E-state index < -0.39 is 26.5 Å². The SMILES string of the molecule is CCCCCCCCCCCCCCCC(=O)OCC(COP(=O)([O-])OCC[N+](CC)(CC)CC)OC(=O)CCCCCCCCCCCCCCC. The molecule has 53 heavy (non-hydrogen) atoms. The Balaban J connectivity index is 4.54. The van der Waals surface area contributed by atoms with E-state index in [1.165, 1.54) is 128 Å². The molecule has 0 aliphatic rings. The molecule has 2 atom stereocenters. The molecule has 0 N–H and O–H groups in total. The van der Waals surface area contributed by atoms with Gasteiger partial charge in [-0.05, 0) is 33.6 Å². The van der Waals surface area contributed by atoms with E-state index in [1.807, 2.05) is 0 Å². The largest absolute Gasteiger partial charge is 0.756 e. The number of likely N-dealkylation sites (N-methyl/N-ethyl adjacent to an activating group) is 1. The maximum Gasteiger partial charge on any atom is 0.306 e. The fourth-order valence-electron chi connectivity index (χ4n) is 6.90. The third-order valence-electron chi connectivity index (χ3n) is 10.9. The highest BCUT2D eigenvalue weighted by Gasteiger charge is 2.24. The zero-order valence-corrected chi connectivity index (χ0v) is 36.4. The Morgan fingerprint density at radius 3 is 1.25 bits per heavy atom. The van der Waals surface area contributed by atoms with E-state index in [-0.39, 0.29) is 32.0 Å². The molecule has 0 rings (SSSR count). The monoisotopic (exact) mass is 776 g/mol. The van der Waals surface area contributed by atoms with Gasteiger partial charge in [0.2, 0.25) is 0 Å². The molecule has 0 spiro atoms. The smallest absolute Gasteiger partial charge is 0.306 e. The molecule has 0 aliphatic heterocycles. The van der Waals surface area contributed by atoms with Gasteiger partial charge in [-0.25, -0.2) is 0 Å². The first-order valence-corrected chi connectivity index (χ1v) is 23.9. The number of nitrogens with zero attached hydrogens (tertiary/aromatic N) is 1. The lowest BCUT2D eigenvalue weighted by atomic mass is 10.0. The third kappa shape index (κ3) is 32.9. The number of rotatable bonds is 41. The molecule has 0 heterocycles. The van der Waals surface area contributed by atoms with Crippen molar-refractivity contribution in [1.82, 2.24) is 0 Å². The van der Waals surface area contributed by atoms with Crippen molar-refractivity contribution in [2.24, 2.45) is 0 Å². The lowest BCUT2D eigenvalue weighted by molar-refractivity contribution is -0.923. The molecule has 2 unspecified atom stereocenters. The molecule has 9 nitrogen and oxygen atoms in total. The van der Waals surface area contributed by atoms with Crippen LogP contribution >= 0.6 is 7.82 Å². The average molecular weight is 776 g/mol. The molecule has 10 heteroatoms. The summed E-state index contributed by atoms with van der Waals surface area (Å²) < 4.78 is 34.7. The summed E-state index contributed by atoms with van der Waals surface area (Å²) in [6.07, 6.45) is 31.2. The fraction of sp³-hybridized carbons (Fsp3) is 0.953. The van der Waals surface area contributed by atoms with Crippen LogP contribution < -0.4 is 4.89 Å². The van der Waals surface area contributed by atoms with Gasteiger partial charge in [0.25, 0.3) is 7.82 Å². The summed E-state index contributed by atoms with van der Waals surface area (Å²) in [5, 5.41) is 0. The van der Waals surface area contributed by atoms with Crippen LogP contribution in [-0.4, -0.2) is 68.5 Å². The Labute approximate surface area is 327 Å². The molecule has 0 bridgehead atoms. The van der Waals surface area contributed by atoms with Crippen LogP contribution in [0.5, 0.6) is 0 Å². The van der Waals surface area contributed by atoms with Crippen LogP contribution in [0.3, 0.4) is 0 Å². The zero-order chi connectivity index (χ0) is 39.3. The van der Waals surface area contributed by atoms with Crippen molar-refractivity contribution in [3.05, 3.63) is 0 Å². The van der Waals surface area contributed by atoms with E-state index in [2.05, 4.69) is 34.6 Å². The molecule has 0 aromatic carbocycles. The first-order valence-electron chi connectivity index (χ1n) is 22.5. The number of carbonyl (C=O) groups excluding carboxylic acids is 2. The number of esters is 2. The van der Waals surface area contributed by atoms with Crippen LogP contribution in [0.25, 0.3) is 0 Å². The second kappa shape index (κ2) is 36.6. The van der Waals surface area contributed by atoms with E-state index in [4.69, 9.17) is 18.5 Å². The normalized spacial score (nSPS) is 13.5. The van der Waals surface area contributed by atoms with Gasteiger partial charge >= 0.3 is 11.9 Å². The Hall–Kier alpha value is -0.990. The highest BCUT2D eigenvalue weighted by Crippen LogP contribution is 2.38. The Morgan fingerprint density at radius 1 is 0.509 bits per heavy atom. The fourth-order valence-corrected chi connectivity index (χ4v) is 7.63. The number of phosphoric acid groups is 1. The summed E-state index contributed by atoms with van der Waals surface area (Å²) in [4.78, 5) is 37.8. The van der Waals surface area contributed by atoms with Gasteiger partial charge in [0.05, 0.1) is 26.2 Å². The van der Waals surface area contributed by atoms with Crippen molar-refractivity contribution in [2.45, 2.75) is 221 Å². The number of carbonyl (C=O) groups is 2. The number of ether oxygens (including phenoxy) is 2. The van der Waals surface area contributed by atoms with Crippen molar-refractivity contribution in [3.8, 4) is 0 Å². The van der Waals surface area contributed by atoms with E-state index >= 15 is 0 Å². The predicted molar refractivity (Wildman–Crippen MR) is 218 cm³/mol. The van der Waals surface area contributed by atoms with Crippen molar-refractivity contribution in [3.63, 3.8) is 0 Å². The maximum atomic E-state index is 12.7. The van der Waals surface area contributed by atoms with Crippen molar-refractivity contribution < 1.29 is 42.1 Å². The van der Waals surface area contributed by atoms with Crippen LogP contribution in [0.15, 0.2) is 0 Å². The Bertz CT molecular complexity index is 876. The molecule has 0 aromatic heterocycles. The second-order valence-electron chi connectivity index (χ2n) is 15.4. The average Bonchev–Trinajstić information content (AvgIpc) is 3.15. The number of hydrogen-bond acceptors (Lipinski definition) is 8. The van der Waals surface area contributed by atoms with Crippen molar-refractivity contribution in [2.75, 3.05) is 46.0 Å². The summed E-state index contributed by atoms with van der Waals surface area (Å²) >= 11 is 0. The summed E-state index contributed by atoms with van der Waals surface area (Å²) in [6, 6.07) is 0. The third-order valence-corrected chi connectivity index (χ3v) is 11.9. The highest BCUT2D eigenvalue weighted by molar-refractivity contribution is 7.45. The molecular weight excluding hydrogens is 689 g/mol. The summed E-state index contributed by atoms with van der Waals surface area (Å²) in [7, 11) is -4.64. The van der Waals surface area contributed by atoms with Crippen molar-refractivity contribution in [1.29, 1.82) is 0 Å². The van der Waals surface area contributed by atoms with E-state index in [0.717, 1.165) is 56.2 Å². The standard InChI is InChI=1S/C43H86NO8P/c1-6-11-13-15-17-19-21-23-25-27-29-31-33-35-42(45)49-39-41(40-51-53(47,48)50-38-37-44(8-3,9-4)10-5)52-43(46)36-34-32-30-28-26-24-22-20-18-16-14-12-7-2/h41H,6-40H2,1-5H3. The molecule has 0 aliphatic carbocycles. The zero-order valence-electron chi connectivity index (χ0n) is 35.5. The number of hydrogen-bond donors (Lipinski definition) is 0. The molecule has 0 radical (unpaired) electrons. The van der Waals surface area contributed by atoms with Gasteiger partial charge in [-0.15, -0.1) is 0 Å². The summed E-state index contributed by atoms with van der Waals surface area (Å²) in [6.45, 7) is 13.2. The highest BCUT2D eigenvalue weighted by atomic mass is 31.2. The van der Waals surface area contributed by atoms with Crippen LogP contribution in [0, 0.1) is 0 Å². The number of phosphoric ester groups is 1. The van der Waals surface area contributed by atoms with Crippen LogP contribution in [0.1, 0.15) is 214 Å². The van der Waals surface area contributed by atoms with Crippen LogP contribution in [0.4, 0.5) is 0 Å². The molecule has 0 saturated carbocycles. The molecular formula is C43H86NO8P. The Kier molecular flexibility index (Phi) is 36.0. The van der Waals surface area contributed by atoms with E-state index in [1.54, 1.807) is 0 Å². The minimum Gasteiger partial charge on any atom is -0.756 e.